The number of thioether (sulfide) groups is 1. The number of aliphatic carboxylic acids is 1. The highest BCUT2D eigenvalue weighted by Gasteiger charge is 2.38. The number of nitrogens with two attached hydrogens (primary N) is 1. The zero-order valence-corrected chi connectivity index (χ0v) is 16.2. The van der Waals surface area contributed by atoms with Crippen molar-refractivity contribution in [2.45, 2.75) is 18.1 Å². The number of carbonyl (C=O) groups excluding carboxylic acids is 3. The number of imide groups is 1. The second-order valence-corrected chi connectivity index (χ2v) is 7.16. The smallest absolute Gasteiger partial charge is 0.323 e. The molecule has 0 spiro atoms. The topological polar surface area (TPSA) is 139 Å². The van der Waals surface area contributed by atoms with Crippen LogP contribution in [0.5, 0.6) is 0 Å². The summed E-state index contributed by atoms with van der Waals surface area (Å²) < 4.78 is 10.5. The summed E-state index contributed by atoms with van der Waals surface area (Å²) in [5, 5.41) is 8.15. The Morgan fingerprint density at radius 3 is 2.56 bits per heavy atom. The Balaban J connectivity index is 2.25. The van der Waals surface area contributed by atoms with Crippen LogP contribution in [-0.4, -0.2) is 103 Å². The minimum atomic E-state index is -1.08. The van der Waals surface area contributed by atoms with Crippen molar-refractivity contribution in [1.82, 2.24) is 9.80 Å². The van der Waals surface area contributed by atoms with Crippen LogP contribution in [0.2, 0.25) is 0 Å². The molecular formula is C16H27N3O7S. The van der Waals surface area contributed by atoms with Crippen LogP contribution in [0.4, 0.5) is 0 Å². The SMILES string of the molecule is CN(CC(=O)O)C(=O)CCSC1CC(=O)N(CCOCCOCCN)C1=O. The summed E-state index contributed by atoms with van der Waals surface area (Å²) in [5.74, 6) is -1.59. The quantitative estimate of drug-likeness (QED) is 0.269. The van der Waals surface area contributed by atoms with E-state index in [1.54, 1.807) is 0 Å². The Kier molecular flexibility index (Phi) is 10.9. The summed E-state index contributed by atoms with van der Waals surface area (Å²) in [6, 6.07) is 0. The highest BCUT2D eigenvalue weighted by atomic mass is 32.2. The lowest BCUT2D eigenvalue weighted by atomic mass is 10.3. The Morgan fingerprint density at radius 1 is 1.26 bits per heavy atom. The maximum atomic E-state index is 12.3. The van der Waals surface area contributed by atoms with E-state index >= 15 is 0 Å². The van der Waals surface area contributed by atoms with Gasteiger partial charge in [-0.15, -0.1) is 11.8 Å². The molecule has 1 unspecified atom stereocenters. The molecule has 154 valence electrons. The van der Waals surface area contributed by atoms with Gasteiger partial charge in [-0.1, -0.05) is 0 Å². The molecule has 3 amide bonds. The number of carbonyl (C=O) groups is 4. The summed E-state index contributed by atoms with van der Waals surface area (Å²) in [5.41, 5.74) is 5.29. The first kappa shape index (κ1) is 23.3. The Hall–Kier alpha value is -1.69. The van der Waals surface area contributed by atoms with Crippen LogP contribution < -0.4 is 5.73 Å². The molecule has 1 heterocycles. The Labute approximate surface area is 162 Å². The summed E-state index contributed by atoms with van der Waals surface area (Å²) in [6.45, 7) is 1.72. The number of hydrogen-bond donors (Lipinski definition) is 2. The molecule has 1 fully saturated rings. The van der Waals surface area contributed by atoms with Crippen molar-refractivity contribution in [2.24, 2.45) is 5.73 Å². The monoisotopic (exact) mass is 405 g/mol. The molecule has 0 saturated carbocycles. The maximum absolute atomic E-state index is 12.3. The van der Waals surface area contributed by atoms with Gasteiger partial charge < -0.3 is 25.2 Å². The third kappa shape index (κ3) is 8.69. The lowest BCUT2D eigenvalue weighted by Crippen LogP contribution is -2.34. The Bertz CT molecular complexity index is 532. The summed E-state index contributed by atoms with van der Waals surface area (Å²) >= 11 is 1.24. The molecule has 0 bridgehead atoms. The molecule has 3 N–H and O–H groups in total. The molecule has 27 heavy (non-hydrogen) atoms. The van der Waals surface area contributed by atoms with Gasteiger partial charge >= 0.3 is 5.97 Å². The molecule has 11 heteroatoms. The van der Waals surface area contributed by atoms with Gasteiger partial charge in [-0.05, 0) is 0 Å². The van der Waals surface area contributed by atoms with Crippen molar-refractivity contribution in [1.29, 1.82) is 0 Å². The minimum absolute atomic E-state index is 0.0995. The molecule has 0 aromatic rings. The van der Waals surface area contributed by atoms with Crippen LogP contribution in [0.3, 0.4) is 0 Å². The van der Waals surface area contributed by atoms with Gasteiger partial charge in [-0.25, -0.2) is 0 Å². The van der Waals surface area contributed by atoms with E-state index in [0.29, 0.717) is 32.1 Å². The molecular weight excluding hydrogens is 378 g/mol. The number of hydrogen-bond acceptors (Lipinski definition) is 8. The van der Waals surface area contributed by atoms with Crippen molar-refractivity contribution in [3.05, 3.63) is 0 Å². The summed E-state index contributed by atoms with van der Waals surface area (Å²) in [4.78, 5) is 48.9. The van der Waals surface area contributed by atoms with Gasteiger partial charge in [0.1, 0.15) is 6.54 Å². The van der Waals surface area contributed by atoms with E-state index in [1.807, 2.05) is 0 Å². The molecule has 1 saturated heterocycles. The van der Waals surface area contributed by atoms with Gasteiger partial charge in [-0.2, -0.15) is 0 Å². The van der Waals surface area contributed by atoms with Gasteiger partial charge in [0.2, 0.25) is 17.7 Å². The van der Waals surface area contributed by atoms with E-state index in [9.17, 15) is 19.2 Å². The first-order valence-electron chi connectivity index (χ1n) is 8.64. The normalized spacial score (nSPS) is 16.8. The van der Waals surface area contributed by atoms with Crippen molar-refractivity contribution in [3.63, 3.8) is 0 Å². The van der Waals surface area contributed by atoms with Gasteiger partial charge in [0.15, 0.2) is 0 Å². The fourth-order valence-corrected chi connectivity index (χ4v) is 3.46. The molecule has 1 atom stereocenters. The van der Waals surface area contributed by atoms with Crippen LogP contribution in [-0.2, 0) is 28.7 Å². The molecule has 0 aromatic carbocycles. The van der Waals surface area contributed by atoms with Gasteiger partial charge in [0.25, 0.3) is 0 Å². The Morgan fingerprint density at radius 2 is 1.93 bits per heavy atom. The molecule has 10 nitrogen and oxygen atoms in total. The van der Waals surface area contributed by atoms with Crippen LogP contribution in [0.1, 0.15) is 12.8 Å². The number of nitrogens with zero attached hydrogens (tertiary/aromatic N) is 2. The van der Waals surface area contributed by atoms with Crippen LogP contribution >= 0.6 is 11.8 Å². The molecule has 1 rings (SSSR count). The van der Waals surface area contributed by atoms with Crippen LogP contribution in [0, 0.1) is 0 Å². The lowest BCUT2D eigenvalue weighted by molar-refractivity contribution is -0.143. The first-order chi connectivity index (χ1) is 12.9. The highest BCUT2D eigenvalue weighted by molar-refractivity contribution is 8.00. The van der Waals surface area contributed by atoms with E-state index in [1.165, 1.54) is 23.7 Å². The lowest BCUT2D eigenvalue weighted by Gasteiger charge is -2.16. The van der Waals surface area contributed by atoms with Crippen molar-refractivity contribution >= 4 is 35.5 Å². The number of likely N-dealkylation sites (tertiary alicyclic amines) is 1. The standard InChI is InChI=1S/C16H27N3O7S/c1-18(11-15(22)23)13(20)2-9-27-12-10-14(21)19(16(12)24)4-6-26-8-7-25-5-3-17/h12H,2-11,17H2,1H3,(H,22,23). The van der Waals surface area contributed by atoms with E-state index < -0.39 is 11.2 Å². The number of ether oxygens (including phenoxy) is 2. The maximum Gasteiger partial charge on any atom is 0.323 e. The average molecular weight is 405 g/mol. The minimum Gasteiger partial charge on any atom is -0.480 e. The van der Waals surface area contributed by atoms with Gasteiger partial charge in [-0.3, -0.25) is 24.1 Å². The second-order valence-electron chi connectivity index (χ2n) is 5.85. The largest absolute Gasteiger partial charge is 0.480 e. The fourth-order valence-electron chi connectivity index (χ4n) is 2.35. The molecule has 1 aliphatic rings. The zero-order chi connectivity index (χ0) is 20.2. The zero-order valence-electron chi connectivity index (χ0n) is 15.4. The number of carboxylic acid groups (broad SMARTS) is 1. The van der Waals surface area contributed by atoms with E-state index in [0.717, 1.165) is 4.90 Å². The van der Waals surface area contributed by atoms with Gasteiger partial charge in [0, 0.05) is 32.2 Å². The van der Waals surface area contributed by atoms with Crippen LogP contribution in [0.15, 0.2) is 0 Å². The molecule has 0 radical (unpaired) electrons. The number of carboxylic acids is 1. The van der Waals surface area contributed by atoms with E-state index in [2.05, 4.69) is 0 Å². The first-order valence-corrected chi connectivity index (χ1v) is 9.68. The molecule has 0 aromatic heterocycles. The third-order valence-corrected chi connectivity index (χ3v) is 4.94. The fraction of sp³-hybridized carbons (Fsp3) is 0.750. The predicted octanol–water partition coefficient (Wildman–Crippen LogP) is -1.23. The average Bonchev–Trinajstić information content (AvgIpc) is 2.87. The van der Waals surface area contributed by atoms with Crippen molar-refractivity contribution in [2.75, 3.05) is 58.9 Å². The van der Waals surface area contributed by atoms with E-state index in [-0.39, 0.29) is 50.3 Å². The highest BCUT2D eigenvalue weighted by Crippen LogP contribution is 2.25. The summed E-state index contributed by atoms with van der Waals surface area (Å²) in [7, 11) is 1.41. The van der Waals surface area contributed by atoms with Crippen LogP contribution in [0.25, 0.3) is 0 Å². The summed E-state index contributed by atoms with van der Waals surface area (Å²) in [6.07, 6.45) is 0.209. The number of amides is 3. The number of likely N-dealkylation sites (N-methyl/N-ethyl adjacent to an activating group) is 1. The number of rotatable bonds is 14. The molecule has 0 aliphatic carbocycles. The van der Waals surface area contributed by atoms with Crippen molar-refractivity contribution < 1.29 is 33.8 Å². The van der Waals surface area contributed by atoms with Crippen molar-refractivity contribution in [3.8, 4) is 0 Å². The molecule has 1 aliphatic heterocycles. The van der Waals surface area contributed by atoms with E-state index in [4.69, 9.17) is 20.3 Å². The van der Waals surface area contributed by atoms with Gasteiger partial charge in [0.05, 0.1) is 38.2 Å². The predicted molar refractivity (Wildman–Crippen MR) is 98.2 cm³/mol. The second kappa shape index (κ2) is 12.7. The third-order valence-electron chi connectivity index (χ3n) is 3.73.